The number of halogens is 1. The number of methoxy groups -OCH3 is 1. The van der Waals surface area contributed by atoms with E-state index in [1.54, 1.807) is 38.7 Å². The van der Waals surface area contributed by atoms with Crippen LogP contribution in [0.3, 0.4) is 0 Å². The fourth-order valence-corrected chi connectivity index (χ4v) is 3.73. The van der Waals surface area contributed by atoms with Crippen LogP contribution in [0.2, 0.25) is 0 Å². The third-order valence-electron chi connectivity index (χ3n) is 5.39. The number of hydrogen-bond acceptors (Lipinski definition) is 6. The van der Waals surface area contributed by atoms with Crippen molar-refractivity contribution in [2.24, 2.45) is 0 Å². The summed E-state index contributed by atoms with van der Waals surface area (Å²) in [5, 5.41) is 3.66. The summed E-state index contributed by atoms with van der Waals surface area (Å²) >= 11 is 0. The van der Waals surface area contributed by atoms with Gasteiger partial charge in [0.25, 0.3) is 0 Å². The van der Waals surface area contributed by atoms with Crippen LogP contribution in [0.25, 0.3) is 10.9 Å². The van der Waals surface area contributed by atoms with Crippen LogP contribution in [-0.4, -0.2) is 61.0 Å². The Kier molecular flexibility index (Phi) is 6.76. The molecular formula is C23H31FN4O4. The van der Waals surface area contributed by atoms with E-state index in [2.05, 4.69) is 5.32 Å². The first-order valence-electron chi connectivity index (χ1n) is 10.7. The number of benzene rings is 1. The zero-order valence-electron chi connectivity index (χ0n) is 19.5. The van der Waals surface area contributed by atoms with Crippen molar-refractivity contribution in [3.05, 3.63) is 35.1 Å². The number of aromatic nitrogens is 1. The summed E-state index contributed by atoms with van der Waals surface area (Å²) in [5.74, 6) is 0.332. The third kappa shape index (κ3) is 5.20. The second kappa shape index (κ2) is 9.18. The fourth-order valence-electron chi connectivity index (χ4n) is 3.73. The number of alkyl carbamates (subject to hydrolysis) is 1. The molecule has 174 valence electrons. The smallest absolute Gasteiger partial charge is 0.409 e. The molecule has 1 aliphatic rings. The van der Waals surface area contributed by atoms with Crippen molar-refractivity contribution in [1.82, 2.24) is 15.2 Å². The minimum atomic E-state index is -0.618. The van der Waals surface area contributed by atoms with Crippen LogP contribution in [0.4, 0.5) is 19.8 Å². The number of pyridine rings is 1. The highest BCUT2D eigenvalue weighted by Gasteiger charge is 2.27. The molecule has 0 aliphatic carbocycles. The van der Waals surface area contributed by atoms with Gasteiger partial charge in [0.15, 0.2) is 0 Å². The van der Waals surface area contributed by atoms with Crippen molar-refractivity contribution in [1.29, 1.82) is 0 Å². The van der Waals surface area contributed by atoms with E-state index >= 15 is 0 Å². The van der Waals surface area contributed by atoms with Gasteiger partial charge in [0.05, 0.1) is 18.7 Å². The van der Waals surface area contributed by atoms with Crippen molar-refractivity contribution < 1.29 is 23.5 Å². The van der Waals surface area contributed by atoms with Gasteiger partial charge in [-0.05, 0) is 52.8 Å². The average Bonchev–Trinajstić information content (AvgIpc) is 2.73. The Balaban J connectivity index is 1.96. The lowest BCUT2D eigenvalue weighted by molar-refractivity contribution is 0.0508. The summed E-state index contributed by atoms with van der Waals surface area (Å²) in [6.07, 6.45) is -0.893. The number of anilines is 1. The van der Waals surface area contributed by atoms with Crippen LogP contribution in [0, 0.1) is 12.7 Å². The van der Waals surface area contributed by atoms with E-state index in [4.69, 9.17) is 14.5 Å². The van der Waals surface area contributed by atoms with Crippen molar-refractivity contribution in [2.45, 2.75) is 46.3 Å². The molecule has 32 heavy (non-hydrogen) atoms. The number of nitrogens with zero attached hydrogens (tertiary/aromatic N) is 3. The van der Waals surface area contributed by atoms with Crippen LogP contribution in [0.15, 0.2) is 18.2 Å². The number of aryl methyl sites for hydroxylation is 1. The lowest BCUT2D eigenvalue weighted by Gasteiger charge is -2.36. The van der Waals surface area contributed by atoms with Gasteiger partial charge < -0.3 is 24.6 Å². The number of carbonyl (C=O) groups is 2. The Hall–Kier alpha value is -3.10. The van der Waals surface area contributed by atoms with Gasteiger partial charge >= 0.3 is 12.2 Å². The van der Waals surface area contributed by atoms with E-state index in [0.717, 1.165) is 10.9 Å². The Morgan fingerprint density at radius 1 is 1.19 bits per heavy atom. The SMILES string of the molecule is COC(=O)N1CCN(c2nc3c(C)c(F)ccc3cc2[C@H](C)NC(=O)OC(C)(C)C)CC1. The molecule has 9 heteroatoms. The largest absolute Gasteiger partial charge is 0.453 e. The normalized spacial score (nSPS) is 15.5. The molecule has 1 atom stereocenters. The molecule has 0 saturated carbocycles. The Labute approximate surface area is 187 Å². The van der Waals surface area contributed by atoms with Crippen molar-refractivity contribution in [2.75, 3.05) is 38.2 Å². The average molecular weight is 447 g/mol. The maximum atomic E-state index is 14.2. The predicted molar refractivity (Wildman–Crippen MR) is 120 cm³/mol. The van der Waals surface area contributed by atoms with Crippen LogP contribution >= 0.6 is 0 Å². The number of hydrogen-bond donors (Lipinski definition) is 1. The summed E-state index contributed by atoms with van der Waals surface area (Å²) in [7, 11) is 1.36. The molecule has 3 rings (SSSR count). The molecule has 8 nitrogen and oxygen atoms in total. The van der Waals surface area contributed by atoms with E-state index in [1.807, 2.05) is 17.9 Å². The summed E-state index contributed by atoms with van der Waals surface area (Å²) < 4.78 is 24.4. The Morgan fingerprint density at radius 2 is 1.84 bits per heavy atom. The predicted octanol–water partition coefficient (Wildman–Crippen LogP) is 4.16. The number of piperazine rings is 1. The number of amides is 2. The molecule has 2 aromatic rings. The monoisotopic (exact) mass is 446 g/mol. The molecule has 0 bridgehead atoms. The number of ether oxygens (including phenoxy) is 2. The summed E-state index contributed by atoms with van der Waals surface area (Å²) in [5.41, 5.74) is 1.22. The maximum Gasteiger partial charge on any atom is 0.409 e. The Morgan fingerprint density at radius 3 is 2.44 bits per heavy atom. The van der Waals surface area contributed by atoms with Crippen LogP contribution in [-0.2, 0) is 9.47 Å². The van der Waals surface area contributed by atoms with Gasteiger partial charge in [0.2, 0.25) is 0 Å². The van der Waals surface area contributed by atoms with Gasteiger partial charge in [-0.2, -0.15) is 0 Å². The first-order chi connectivity index (χ1) is 15.0. The summed E-state index contributed by atoms with van der Waals surface area (Å²) in [6.45, 7) is 11.0. The minimum absolute atomic E-state index is 0.320. The number of rotatable bonds is 3. The third-order valence-corrected chi connectivity index (χ3v) is 5.39. The van der Waals surface area contributed by atoms with Crippen molar-refractivity contribution in [3.8, 4) is 0 Å². The van der Waals surface area contributed by atoms with E-state index in [-0.39, 0.29) is 11.9 Å². The first-order valence-corrected chi connectivity index (χ1v) is 10.7. The molecule has 0 unspecified atom stereocenters. The van der Waals surface area contributed by atoms with E-state index in [0.29, 0.717) is 43.1 Å². The van der Waals surface area contributed by atoms with Gasteiger partial charge in [-0.25, -0.2) is 19.0 Å². The quantitative estimate of drug-likeness (QED) is 0.762. The van der Waals surface area contributed by atoms with Gasteiger partial charge in [-0.15, -0.1) is 0 Å². The zero-order valence-corrected chi connectivity index (χ0v) is 19.5. The molecule has 1 fully saturated rings. The molecule has 0 spiro atoms. The number of carbonyl (C=O) groups excluding carboxylic acids is 2. The molecule has 2 amide bonds. The van der Waals surface area contributed by atoms with Crippen molar-refractivity contribution >= 4 is 28.9 Å². The molecule has 1 aromatic carbocycles. The molecule has 1 N–H and O–H groups in total. The van der Waals surface area contributed by atoms with Crippen LogP contribution in [0.5, 0.6) is 0 Å². The molecule has 1 saturated heterocycles. The van der Waals surface area contributed by atoms with Gasteiger partial charge in [-0.3, -0.25) is 0 Å². The summed E-state index contributed by atoms with van der Waals surface area (Å²) in [6, 6.07) is 4.64. The van der Waals surface area contributed by atoms with E-state index < -0.39 is 17.7 Å². The highest BCUT2D eigenvalue weighted by Crippen LogP contribution is 2.31. The van der Waals surface area contributed by atoms with Crippen molar-refractivity contribution in [3.63, 3.8) is 0 Å². The van der Waals surface area contributed by atoms with Gasteiger partial charge in [0, 0.05) is 42.7 Å². The minimum Gasteiger partial charge on any atom is -0.453 e. The summed E-state index contributed by atoms with van der Waals surface area (Å²) in [4.78, 5) is 32.7. The molecule has 1 aliphatic heterocycles. The van der Waals surface area contributed by atoms with E-state index in [9.17, 15) is 14.0 Å². The molecule has 0 radical (unpaired) electrons. The topological polar surface area (TPSA) is 84.0 Å². The van der Waals surface area contributed by atoms with E-state index in [1.165, 1.54) is 13.2 Å². The molecular weight excluding hydrogens is 415 g/mol. The Bertz CT molecular complexity index is 1010. The highest BCUT2D eigenvalue weighted by molar-refractivity contribution is 5.85. The van der Waals surface area contributed by atoms with Crippen LogP contribution < -0.4 is 10.2 Å². The first kappa shape index (κ1) is 23.6. The number of nitrogens with one attached hydrogen (secondary N) is 1. The number of fused-ring (bicyclic) bond motifs is 1. The highest BCUT2D eigenvalue weighted by atomic mass is 19.1. The lowest BCUT2D eigenvalue weighted by atomic mass is 10.0. The zero-order chi connectivity index (χ0) is 23.6. The fraction of sp³-hybridized carbons (Fsp3) is 0.522. The maximum absolute atomic E-state index is 14.2. The second-order valence-electron chi connectivity index (χ2n) is 8.96. The van der Waals surface area contributed by atoms with Gasteiger partial charge in [-0.1, -0.05) is 0 Å². The molecule has 2 heterocycles. The van der Waals surface area contributed by atoms with Gasteiger partial charge in [0.1, 0.15) is 17.2 Å². The second-order valence-corrected chi connectivity index (χ2v) is 8.96. The molecule has 1 aromatic heterocycles. The van der Waals surface area contributed by atoms with Crippen LogP contribution in [0.1, 0.15) is 44.9 Å². The standard InChI is InChI=1S/C23H31FN4O4/c1-14-18(24)8-7-16-13-17(15(2)25-21(29)32-23(3,4)5)20(26-19(14)16)27-9-11-28(12-10-27)22(30)31-6/h7-8,13,15H,9-12H2,1-6H3,(H,25,29)/t15-/m0/s1. The lowest BCUT2D eigenvalue weighted by Crippen LogP contribution is -2.49.